The number of halogens is 1. The minimum absolute atomic E-state index is 0.105. The Labute approximate surface area is 127 Å². The molecule has 4 heteroatoms. The first-order valence-electron chi connectivity index (χ1n) is 7.25. The standard InChI is InChI=1S/C17H16FNOS/c18-14-3-1-2-13-15(7-9-21-17(13)14)19-12-4-5-16-11(10-12)6-8-20-16/h1-5,10,15,19H,6-9H2. The molecule has 108 valence electrons. The van der Waals surface area contributed by atoms with Crippen LogP contribution in [0.4, 0.5) is 10.1 Å². The number of ether oxygens (including phenoxy) is 1. The Balaban J connectivity index is 1.63. The van der Waals surface area contributed by atoms with Crippen LogP contribution in [0.2, 0.25) is 0 Å². The topological polar surface area (TPSA) is 21.3 Å². The molecule has 21 heavy (non-hydrogen) atoms. The number of thioether (sulfide) groups is 1. The molecule has 2 aliphatic rings. The molecule has 0 bridgehead atoms. The lowest BCUT2D eigenvalue weighted by atomic mass is 10.0. The Bertz CT molecular complexity index is 688. The quantitative estimate of drug-likeness (QED) is 0.888. The number of hydrogen-bond donors (Lipinski definition) is 1. The van der Waals surface area contributed by atoms with Gasteiger partial charge in [-0.1, -0.05) is 12.1 Å². The Morgan fingerprint density at radius 1 is 1.24 bits per heavy atom. The van der Waals surface area contributed by atoms with Gasteiger partial charge < -0.3 is 10.1 Å². The fourth-order valence-corrected chi connectivity index (χ4v) is 4.15. The minimum Gasteiger partial charge on any atom is -0.493 e. The van der Waals surface area contributed by atoms with Gasteiger partial charge >= 0.3 is 0 Å². The van der Waals surface area contributed by atoms with E-state index in [2.05, 4.69) is 11.4 Å². The van der Waals surface area contributed by atoms with Crippen molar-refractivity contribution < 1.29 is 9.13 Å². The van der Waals surface area contributed by atoms with Crippen molar-refractivity contribution in [3.63, 3.8) is 0 Å². The Hall–Kier alpha value is -1.68. The zero-order valence-corrected chi connectivity index (χ0v) is 12.4. The molecule has 0 spiro atoms. The summed E-state index contributed by atoms with van der Waals surface area (Å²) in [5.41, 5.74) is 3.42. The fraction of sp³-hybridized carbons (Fsp3) is 0.294. The normalized spacial score (nSPS) is 19.6. The summed E-state index contributed by atoms with van der Waals surface area (Å²) in [6.45, 7) is 0.771. The van der Waals surface area contributed by atoms with E-state index in [0.717, 1.165) is 47.1 Å². The van der Waals surface area contributed by atoms with Crippen molar-refractivity contribution in [3.05, 3.63) is 53.3 Å². The minimum atomic E-state index is -0.105. The highest BCUT2D eigenvalue weighted by molar-refractivity contribution is 7.99. The molecule has 1 unspecified atom stereocenters. The van der Waals surface area contributed by atoms with E-state index < -0.39 is 0 Å². The van der Waals surface area contributed by atoms with E-state index in [1.54, 1.807) is 23.9 Å². The second-order valence-electron chi connectivity index (χ2n) is 5.41. The van der Waals surface area contributed by atoms with Crippen LogP contribution >= 0.6 is 11.8 Å². The van der Waals surface area contributed by atoms with Crippen molar-refractivity contribution in [3.8, 4) is 5.75 Å². The molecule has 0 amide bonds. The van der Waals surface area contributed by atoms with Gasteiger partial charge in [0.25, 0.3) is 0 Å². The van der Waals surface area contributed by atoms with Crippen LogP contribution in [0.3, 0.4) is 0 Å². The highest BCUT2D eigenvalue weighted by Crippen LogP contribution is 2.40. The Morgan fingerprint density at radius 3 is 3.14 bits per heavy atom. The molecule has 4 rings (SSSR count). The van der Waals surface area contributed by atoms with Gasteiger partial charge in [0, 0.05) is 22.8 Å². The van der Waals surface area contributed by atoms with Gasteiger partial charge in [0.2, 0.25) is 0 Å². The first kappa shape index (κ1) is 13.0. The first-order valence-corrected chi connectivity index (χ1v) is 8.23. The molecule has 0 aliphatic carbocycles. The summed E-state index contributed by atoms with van der Waals surface area (Å²) < 4.78 is 19.4. The molecule has 0 saturated carbocycles. The lowest BCUT2D eigenvalue weighted by Crippen LogP contribution is -2.16. The maximum Gasteiger partial charge on any atom is 0.137 e. The van der Waals surface area contributed by atoms with Gasteiger partial charge in [-0.2, -0.15) is 0 Å². The number of hydrogen-bond acceptors (Lipinski definition) is 3. The summed E-state index contributed by atoms with van der Waals surface area (Å²) in [6, 6.07) is 11.8. The van der Waals surface area contributed by atoms with Crippen molar-refractivity contribution in [2.45, 2.75) is 23.8 Å². The lowest BCUT2D eigenvalue weighted by Gasteiger charge is -2.27. The van der Waals surface area contributed by atoms with Crippen LogP contribution in [0.15, 0.2) is 41.3 Å². The molecular weight excluding hydrogens is 285 g/mol. The number of benzene rings is 2. The summed E-state index contributed by atoms with van der Waals surface area (Å²) >= 11 is 1.61. The molecule has 0 saturated heterocycles. The summed E-state index contributed by atoms with van der Waals surface area (Å²) in [5, 5.41) is 3.56. The van der Waals surface area contributed by atoms with Crippen molar-refractivity contribution in [1.29, 1.82) is 0 Å². The predicted octanol–water partition coefficient (Wildman–Crippen LogP) is 4.41. The third kappa shape index (κ3) is 2.38. The van der Waals surface area contributed by atoms with E-state index in [1.807, 2.05) is 18.2 Å². The largest absolute Gasteiger partial charge is 0.493 e. The van der Waals surface area contributed by atoms with Gasteiger partial charge in [0.1, 0.15) is 11.6 Å². The van der Waals surface area contributed by atoms with Crippen LogP contribution in [0.1, 0.15) is 23.6 Å². The number of nitrogens with one attached hydrogen (secondary N) is 1. The van der Waals surface area contributed by atoms with Crippen LogP contribution in [-0.4, -0.2) is 12.4 Å². The van der Waals surface area contributed by atoms with Crippen molar-refractivity contribution in [1.82, 2.24) is 0 Å². The first-order chi connectivity index (χ1) is 10.3. The maximum absolute atomic E-state index is 13.9. The van der Waals surface area contributed by atoms with E-state index in [0.29, 0.717) is 0 Å². The molecule has 0 fully saturated rings. The molecule has 2 heterocycles. The van der Waals surface area contributed by atoms with Gasteiger partial charge in [-0.05, 0) is 41.8 Å². The van der Waals surface area contributed by atoms with E-state index in [9.17, 15) is 4.39 Å². The highest BCUT2D eigenvalue weighted by Gasteiger charge is 2.23. The van der Waals surface area contributed by atoms with E-state index in [-0.39, 0.29) is 11.9 Å². The zero-order chi connectivity index (χ0) is 14.2. The van der Waals surface area contributed by atoms with Gasteiger partial charge in [-0.3, -0.25) is 0 Å². The number of rotatable bonds is 2. The zero-order valence-electron chi connectivity index (χ0n) is 11.6. The summed E-state index contributed by atoms with van der Waals surface area (Å²) in [4.78, 5) is 0.797. The van der Waals surface area contributed by atoms with E-state index >= 15 is 0 Å². The molecular formula is C17H16FNOS. The molecule has 2 nitrogen and oxygen atoms in total. The number of anilines is 1. The molecule has 0 aromatic heterocycles. The van der Waals surface area contributed by atoms with Crippen molar-refractivity contribution >= 4 is 17.4 Å². The fourth-order valence-electron chi connectivity index (χ4n) is 3.01. The van der Waals surface area contributed by atoms with E-state index in [1.165, 1.54) is 5.56 Å². The van der Waals surface area contributed by atoms with Crippen LogP contribution in [0.5, 0.6) is 5.75 Å². The number of fused-ring (bicyclic) bond motifs is 2. The monoisotopic (exact) mass is 301 g/mol. The summed E-state index contributed by atoms with van der Waals surface area (Å²) in [5.74, 6) is 1.83. The second-order valence-corrected chi connectivity index (χ2v) is 6.52. The molecule has 0 radical (unpaired) electrons. The molecule has 1 atom stereocenters. The third-order valence-electron chi connectivity index (χ3n) is 4.06. The third-order valence-corrected chi connectivity index (χ3v) is 5.22. The van der Waals surface area contributed by atoms with Crippen molar-refractivity contribution in [2.75, 3.05) is 17.7 Å². The van der Waals surface area contributed by atoms with Gasteiger partial charge in [0.05, 0.1) is 12.6 Å². The van der Waals surface area contributed by atoms with E-state index in [4.69, 9.17) is 4.74 Å². The molecule has 1 N–H and O–H groups in total. The molecule has 2 aromatic rings. The lowest BCUT2D eigenvalue weighted by molar-refractivity contribution is 0.357. The predicted molar refractivity (Wildman–Crippen MR) is 83.7 cm³/mol. The van der Waals surface area contributed by atoms with Gasteiger partial charge in [0.15, 0.2) is 0 Å². The van der Waals surface area contributed by atoms with Gasteiger partial charge in [-0.15, -0.1) is 11.8 Å². The van der Waals surface area contributed by atoms with Crippen LogP contribution in [0, 0.1) is 5.82 Å². The second kappa shape index (κ2) is 5.26. The Morgan fingerprint density at radius 2 is 2.19 bits per heavy atom. The molecule has 2 aromatic carbocycles. The van der Waals surface area contributed by atoms with Crippen molar-refractivity contribution in [2.24, 2.45) is 0 Å². The van der Waals surface area contributed by atoms with Gasteiger partial charge in [-0.25, -0.2) is 4.39 Å². The Kier molecular flexibility index (Phi) is 3.26. The van der Waals surface area contributed by atoms with Crippen LogP contribution in [0.25, 0.3) is 0 Å². The highest BCUT2D eigenvalue weighted by atomic mass is 32.2. The summed E-state index contributed by atoms with van der Waals surface area (Å²) in [6.07, 6.45) is 1.98. The van der Waals surface area contributed by atoms with Crippen LogP contribution < -0.4 is 10.1 Å². The van der Waals surface area contributed by atoms with Crippen LogP contribution in [-0.2, 0) is 6.42 Å². The average Bonchev–Trinajstić information content (AvgIpc) is 2.96. The smallest absolute Gasteiger partial charge is 0.137 e. The molecule has 2 aliphatic heterocycles. The maximum atomic E-state index is 13.9. The SMILES string of the molecule is Fc1cccc2c1SCCC2Nc1ccc2c(c1)CCO2. The summed E-state index contributed by atoms with van der Waals surface area (Å²) in [7, 11) is 0. The average molecular weight is 301 g/mol.